The van der Waals surface area contributed by atoms with Crippen LogP contribution in [0.15, 0.2) is 24.3 Å². The summed E-state index contributed by atoms with van der Waals surface area (Å²) in [6.07, 6.45) is 3.34. The molecule has 2 rings (SSSR count). The van der Waals surface area contributed by atoms with Crippen LogP contribution in [0.5, 0.6) is 11.5 Å². The van der Waals surface area contributed by atoms with Crippen LogP contribution < -0.4 is 9.47 Å². The van der Waals surface area contributed by atoms with E-state index in [9.17, 15) is 4.79 Å². The quantitative estimate of drug-likeness (QED) is 0.784. The zero-order valence-corrected chi connectivity index (χ0v) is 11.8. The average Bonchev–Trinajstić information content (AvgIpc) is 2.53. The topological polar surface area (TPSA) is 48.0 Å². The van der Waals surface area contributed by atoms with Crippen molar-refractivity contribution in [1.82, 2.24) is 4.90 Å². The van der Waals surface area contributed by atoms with E-state index in [0.717, 1.165) is 5.56 Å². The SMILES string of the molecule is COc1cc(/C=C/C(=O)N2CCOCC2)cc(OC)c1. The Hall–Kier alpha value is -2.01. The van der Waals surface area contributed by atoms with Crippen molar-refractivity contribution in [2.24, 2.45) is 0 Å². The molecule has 0 bridgehead atoms. The number of hydrogen-bond donors (Lipinski definition) is 0. The molecule has 5 nitrogen and oxygen atoms in total. The molecule has 0 saturated carbocycles. The molecule has 0 spiro atoms. The number of carbonyl (C=O) groups excluding carboxylic acids is 1. The fourth-order valence-electron chi connectivity index (χ4n) is 1.98. The molecular weight excluding hydrogens is 258 g/mol. The number of morpholine rings is 1. The molecule has 108 valence electrons. The number of nitrogens with zero attached hydrogens (tertiary/aromatic N) is 1. The Morgan fingerprint density at radius 3 is 2.30 bits per heavy atom. The van der Waals surface area contributed by atoms with Gasteiger partial charge in [-0.25, -0.2) is 0 Å². The van der Waals surface area contributed by atoms with Gasteiger partial charge in [-0.1, -0.05) is 0 Å². The molecular formula is C15H19NO4. The molecule has 1 aliphatic rings. The van der Waals surface area contributed by atoms with Crippen molar-refractivity contribution in [3.63, 3.8) is 0 Å². The third-order valence-corrected chi connectivity index (χ3v) is 3.11. The molecule has 1 fully saturated rings. The number of benzene rings is 1. The summed E-state index contributed by atoms with van der Waals surface area (Å²) >= 11 is 0. The van der Waals surface area contributed by atoms with E-state index in [1.807, 2.05) is 12.1 Å². The van der Waals surface area contributed by atoms with Crippen LogP contribution in [0, 0.1) is 0 Å². The molecule has 1 aromatic rings. The van der Waals surface area contributed by atoms with E-state index in [4.69, 9.17) is 14.2 Å². The summed E-state index contributed by atoms with van der Waals surface area (Å²) < 4.78 is 15.6. The van der Waals surface area contributed by atoms with E-state index in [2.05, 4.69) is 0 Å². The van der Waals surface area contributed by atoms with Gasteiger partial charge in [-0.05, 0) is 23.8 Å². The number of carbonyl (C=O) groups is 1. The Labute approximate surface area is 118 Å². The summed E-state index contributed by atoms with van der Waals surface area (Å²) in [7, 11) is 3.20. The van der Waals surface area contributed by atoms with Crippen molar-refractivity contribution in [3.05, 3.63) is 29.8 Å². The highest BCUT2D eigenvalue weighted by molar-refractivity contribution is 5.92. The molecule has 0 radical (unpaired) electrons. The van der Waals surface area contributed by atoms with Crippen molar-refractivity contribution in [2.75, 3.05) is 40.5 Å². The van der Waals surface area contributed by atoms with Gasteiger partial charge in [-0.2, -0.15) is 0 Å². The van der Waals surface area contributed by atoms with Crippen molar-refractivity contribution in [3.8, 4) is 11.5 Å². The standard InChI is InChI=1S/C15H19NO4/c1-18-13-9-12(10-14(11-13)19-2)3-4-15(17)16-5-7-20-8-6-16/h3-4,9-11H,5-8H2,1-2H3/b4-3+. The lowest BCUT2D eigenvalue weighted by atomic mass is 10.2. The molecule has 1 aromatic carbocycles. The third kappa shape index (κ3) is 3.74. The zero-order chi connectivity index (χ0) is 14.4. The van der Waals surface area contributed by atoms with E-state index in [0.29, 0.717) is 37.8 Å². The molecule has 20 heavy (non-hydrogen) atoms. The van der Waals surface area contributed by atoms with Gasteiger partial charge in [-0.3, -0.25) is 4.79 Å². The summed E-state index contributed by atoms with van der Waals surface area (Å²) in [4.78, 5) is 13.8. The molecule has 1 saturated heterocycles. The van der Waals surface area contributed by atoms with Crippen LogP contribution in [-0.4, -0.2) is 51.3 Å². The van der Waals surface area contributed by atoms with Gasteiger partial charge in [0, 0.05) is 25.2 Å². The van der Waals surface area contributed by atoms with Gasteiger partial charge in [0.1, 0.15) is 11.5 Å². The first kappa shape index (κ1) is 14.4. The second kappa shape index (κ2) is 6.96. The van der Waals surface area contributed by atoms with Gasteiger partial charge in [0.25, 0.3) is 0 Å². The maximum atomic E-state index is 12.0. The first-order chi connectivity index (χ1) is 9.72. The number of ether oxygens (including phenoxy) is 3. The Kier molecular flexibility index (Phi) is 5.01. The Bertz CT molecular complexity index is 470. The number of methoxy groups -OCH3 is 2. The lowest BCUT2D eigenvalue weighted by Crippen LogP contribution is -2.39. The average molecular weight is 277 g/mol. The maximum Gasteiger partial charge on any atom is 0.246 e. The van der Waals surface area contributed by atoms with E-state index in [-0.39, 0.29) is 5.91 Å². The summed E-state index contributed by atoms with van der Waals surface area (Å²) in [5.74, 6) is 1.39. The van der Waals surface area contributed by atoms with Gasteiger partial charge in [0.2, 0.25) is 5.91 Å². The maximum absolute atomic E-state index is 12.0. The smallest absolute Gasteiger partial charge is 0.246 e. The van der Waals surface area contributed by atoms with Crippen LogP contribution in [0.3, 0.4) is 0 Å². The van der Waals surface area contributed by atoms with Crippen LogP contribution in [0.2, 0.25) is 0 Å². The highest BCUT2D eigenvalue weighted by Gasteiger charge is 2.13. The Balaban J connectivity index is 2.07. The molecule has 0 aliphatic carbocycles. The molecule has 1 aliphatic heterocycles. The lowest BCUT2D eigenvalue weighted by molar-refractivity contribution is -0.129. The number of rotatable bonds is 4. The van der Waals surface area contributed by atoms with Crippen LogP contribution in [0.25, 0.3) is 6.08 Å². The molecule has 0 atom stereocenters. The highest BCUT2D eigenvalue weighted by atomic mass is 16.5. The normalized spacial score (nSPS) is 15.4. The first-order valence-corrected chi connectivity index (χ1v) is 6.51. The minimum Gasteiger partial charge on any atom is -0.497 e. The Morgan fingerprint density at radius 2 is 1.75 bits per heavy atom. The number of amides is 1. The fraction of sp³-hybridized carbons (Fsp3) is 0.400. The van der Waals surface area contributed by atoms with Crippen LogP contribution >= 0.6 is 0 Å². The Morgan fingerprint density at radius 1 is 1.15 bits per heavy atom. The lowest BCUT2D eigenvalue weighted by Gasteiger charge is -2.25. The van der Waals surface area contributed by atoms with E-state index < -0.39 is 0 Å². The fourth-order valence-corrected chi connectivity index (χ4v) is 1.98. The van der Waals surface area contributed by atoms with Gasteiger partial charge in [-0.15, -0.1) is 0 Å². The van der Waals surface area contributed by atoms with Crippen molar-refractivity contribution < 1.29 is 19.0 Å². The predicted octanol–water partition coefficient (Wildman–Crippen LogP) is 1.58. The minimum atomic E-state index is -0.00455. The largest absolute Gasteiger partial charge is 0.497 e. The van der Waals surface area contributed by atoms with Gasteiger partial charge < -0.3 is 19.1 Å². The monoisotopic (exact) mass is 277 g/mol. The minimum absolute atomic E-state index is 0.00455. The summed E-state index contributed by atoms with van der Waals surface area (Å²) in [6.45, 7) is 2.49. The molecule has 1 amide bonds. The summed E-state index contributed by atoms with van der Waals surface area (Å²) in [5.41, 5.74) is 0.864. The zero-order valence-electron chi connectivity index (χ0n) is 11.8. The first-order valence-electron chi connectivity index (χ1n) is 6.51. The summed E-state index contributed by atoms with van der Waals surface area (Å²) in [6, 6.07) is 5.50. The van der Waals surface area contributed by atoms with E-state index >= 15 is 0 Å². The molecule has 0 N–H and O–H groups in total. The van der Waals surface area contributed by atoms with Gasteiger partial charge >= 0.3 is 0 Å². The number of hydrogen-bond acceptors (Lipinski definition) is 4. The highest BCUT2D eigenvalue weighted by Crippen LogP contribution is 2.23. The van der Waals surface area contributed by atoms with E-state index in [1.165, 1.54) is 0 Å². The molecule has 0 unspecified atom stereocenters. The second-order valence-corrected chi connectivity index (χ2v) is 4.42. The van der Waals surface area contributed by atoms with Crippen LogP contribution in [-0.2, 0) is 9.53 Å². The van der Waals surface area contributed by atoms with Crippen molar-refractivity contribution in [1.29, 1.82) is 0 Å². The summed E-state index contributed by atoms with van der Waals surface area (Å²) in [5, 5.41) is 0. The molecule has 1 heterocycles. The third-order valence-electron chi connectivity index (χ3n) is 3.11. The van der Waals surface area contributed by atoms with Crippen molar-refractivity contribution in [2.45, 2.75) is 0 Å². The van der Waals surface area contributed by atoms with Crippen molar-refractivity contribution >= 4 is 12.0 Å². The predicted molar refractivity (Wildman–Crippen MR) is 76.0 cm³/mol. The van der Waals surface area contributed by atoms with Gasteiger partial charge in [0.05, 0.1) is 27.4 Å². The van der Waals surface area contributed by atoms with Crippen LogP contribution in [0.4, 0.5) is 0 Å². The van der Waals surface area contributed by atoms with E-state index in [1.54, 1.807) is 37.3 Å². The molecule has 0 aromatic heterocycles. The molecule has 5 heteroatoms. The van der Waals surface area contributed by atoms with Gasteiger partial charge in [0.15, 0.2) is 0 Å². The van der Waals surface area contributed by atoms with Crippen LogP contribution in [0.1, 0.15) is 5.56 Å². The second-order valence-electron chi connectivity index (χ2n) is 4.42.